The van der Waals surface area contributed by atoms with E-state index in [2.05, 4.69) is 71.8 Å². The SMILES string of the molecule is CCCCCCN(CCCCCC)C(=O)C[N+](C)(C)CCCCCOc1cc(C(C)C)ccc1C.[Br-]. The first-order valence-corrected chi connectivity index (χ1v) is 14.5. The Morgan fingerprint density at radius 1 is 0.889 bits per heavy atom. The number of carbonyl (C=O) groups excluding carboxylic acids is 1. The maximum atomic E-state index is 13.2. The fourth-order valence-corrected chi connectivity index (χ4v) is 4.50. The average molecular weight is 570 g/mol. The highest BCUT2D eigenvalue weighted by atomic mass is 79.9. The van der Waals surface area contributed by atoms with E-state index in [4.69, 9.17) is 4.74 Å². The molecule has 1 rings (SSSR count). The Morgan fingerprint density at radius 3 is 2.03 bits per heavy atom. The van der Waals surface area contributed by atoms with E-state index in [1.54, 1.807) is 0 Å². The van der Waals surface area contributed by atoms with Crippen molar-refractivity contribution in [1.29, 1.82) is 0 Å². The van der Waals surface area contributed by atoms with Crippen LogP contribution in [0.5, 0.6) is 5.75 Å². The number of aryl methyl sites for hydroxylation is 1. The van der Waals surface area contributed by atoms with Gasteiger partial charge in [0, 0.05) is 13.1 Å². The monoisotopic (exact) mass is 568 g/mol. The van der Waals surface area contributed by atoms with E-state index >= 15 is 0 Å². The molecule has 36 heavy (non-hydrogen) atoms. The lowest BCUT2D eigenvalue weighted by Gasteiger charge is -2.32. The smallest absolute Gasteiger partial charge is 0.277 e. The van der Waals surface area contributed by atoms with E-state index in [1.807, 2.05) is 0 Å². The second-order valence-electron chi connectivity index (χ2n) is 11.4. The zero-order chi connectivity index (χ0) is 26.1. The minimum atomic E-state index is 0. The Labute approximate surface area is 234 Å². The number of amides is 1. The summed E-state index contributed by atoms with van der Waals surface area (Å²) in [5.41, 5.74) is 2.54. The van der Waals surface area contributed by atoms with Gasteiger partial charge in [-0.05, 0) is 62.1 Å². The van der Waals surface area contributed by atoms with Crippen LogP contribution in [-0.4, -0.2) is 62.2 Å². The lowest BCUT2D eigenvalue weighted by atomic mass is 10.0. The molecule has 1 aromatic carbocycles. The number of rotatable bonds is 20. The molecule has 210 valence electrons. The minimum Gasteiger partial charge on any atom is -1.00 e. The van der Waals surface area contributed by atoms with Crippen LogP contribution in [0.15, 0.2) is 18.2 Å². The maximum absolute atomic E-state index is 13.2. The lowest BCUT2D eigenvalue weighted by molar-refractivity contribution is -0.883. The Balaban J connectivity index is 0.0000122. The normalized spacial score (nSPS) is 11.4. The van der Waals surface area contributed by atoms with Crippen molar-refractivity contribution in [2.45, 2.75) is 111 Å². The van der Waals surface area contributed by atoms with Crippen molar-refractivity contribution in [3.05, 3.63) is 29.3 Å². The summed E-state index contributed by atoms with van der Waals surface area (Å²) < 4.78 is 6.87. The van der Waals surface area contributed by atoms with Gasteiger partial charge in [0.1, 0.15) is 5.75 Å². The number of unbranched alkanes of at least 4 members (excludes halogenated alkanes) is 8. The van der Waals surface area contributed by atoms with E-state index in [0.29, 0.717) is 18.4 Å². The third-order valence-corrected chi connectivity index (χ3v) is 7.02. The predicted octanol–water partition coefficient (Wildman–Crippen LogP) is 4.74. The summed E-state index contributed by atoms with van der Waals surface area (Å²) in [4.78, 5) is 15.3. The summed E-state index contributed by atoms with van der Waals surface area (Å²) in [5.74, 6) is 1.88. The fraction of sp³-hybridized carbons (Fsp3) is 0.774. The molecule has 1 amide bonds. The van der Waals surface area contributed by atoms with Gasteiger partial charge in [-0.1, -0.05) is 78.4 Å². The molecule has 0 atom stereocenters. The predicted molar refractivity (Wildman–Crippen MR) is 151 cm³/mol. The lowest BCUT2D eigenvalue weighted by Crippen LogP contribution is -3.00. The van der Waals surface area contributed by atoms with E-state index < -0.39 is 0 Å². The van der Waals surface area contributed by atoms with E-state index in [-0.39, 0.29) is 17.0 Å². The van der Waals surface area contributed by atoms with Gasteiger partial charge in [0.25, 0.3) is 5.91 Å². The maximum Gasteiger partial charge on any atom is 0.277 e. The van der Waals surface area contributed by atoms with Crippen LogP contribution in [0.1, 0.15) is 115 Å². The summed E-state index contributed by atoms with van der Waals surface area (Å²) in [7, 11) is 4.42. The van der Waals surface area contributed by atoms with Crippen molar-refractivity contribution in [3.8, 4) is 5.75 Å². The number of nitrogens with zero attached hydrogens (tertiary/aromatic N) is 2. The summed E-state index contributed by atoms with van der Waals surface area (Å²) >= 11 is 0. The van der Waals surface area contributed by atoms with Crippen molar-refractivity contribution in [2.24, 2.45) is 0 Å². The number of ether oxygens (including phenoxy) is 1. The van der Waals surface area contributed by atoms with Gasteiger partial charge in [-0.25, -0.2) is 0 Å². The van der Waals surface area contributed by atoms with Gasteiger partial charge < -0.3 is 31.1 Å². The van der Waals surface area contributed by atoms with Crippen molar-refractivity contribution in [2.75, 3.05) is 46.9 Å². The first kappa shape index (κ1) is 34.9. The van der Waals surface area contributed by atoms with Crippen LogP contribution < -0.4 is 21.7 Å². The molecule has 0 spiro atoms. The highest BCUT2D eigenvalue weighted by molar-refractivity contribution is 5.77. The molecule has 0 N–H and O–H groups in total. The molecule has 0 aliphatic carbocycles. The summed E-state index contributed by atoms with van der Waals surface area (Å²) in [6.45, 7) is 15.3. The molecule has 0 saturated heterocycles. The molecule has 0 fully saturated rings. The highest BCUT2D eigenvalue weighted by Gasteiger charge is 2.23. The molecule has 1 aromatic rings. The number of hydrogen-bond acceptors (Lipinski definition) is 2. The molecule has 5 heteroatoms. The average Bonchev–Trinajstić information content (AvgIpc) is 2.80. The van der Waals surface area contributed by atoms with Crippen LogP contribution in [0.3, 0.4) is 0 Å². The van der Waals surface area contributed by atoms with Crippen LogP contribution in [0, 0.1) is 6.92 Å². The van der Waals surface area contributed by atoms with Crippen LogP contribution in [0.4, 0.5) is 0 Å². The number of hydrogen-bond donors (Lipinski definition) is 0. The third-order valence-electron chi connectivity index (χ3n) is 7.02. The molecule has 0 saturated carbocycles. The number of halogens is 1. The minimum absolute atomic E-state index is 0. The van der Waals surface area contributed by atoms with Crippen LogP contribution in [-0.2, 0) is 4.79 Å². The zero-order valence-electron chi connectivity index (χ0n) is 24.7. The first-order chi connectivity index (χ1) is 16.7. The van der Waals surface area contributed by atoms with Crippen LogP contribution in [0.25, 0.3) is 0 Å². The quantitative estimate of drug-likeness (QED) is 0.168. The number of carbonyl (C=O) groups is 1. The van der Waals surface area contributed by atoms with Gasteiger partial charge in [-0.2, -0.15) is 0 Å². The molecule has 4 nitrogen and oxygen atoms in total. The molecule has 0 radical (unpaired) electrons. The topological polar surface area (TPSA) is 29.5 Å². The van der Waals surface area contributed by atoms with Crippen molar-refractivity contribution < 1.29 is 31.0 Å². The number of likely N-dealkylation sites (N-methyl/N-ethyl adjacent to an activating group) is 1. The Morgan fingerprint density at radius 2 is 1.47 bits per heavy atom. The molecule has 0 aliphatic rings. The van der Waals surface area contributed by atoms with Gasteiger partial charge >= 0.3 is 0 Å². The Hall–Kier alpha value is -1.07. The van der Waals surface area contributed by atoms with Crippen LogP contribution in [0.2, 0.25) is 0 Å². The summed E-state index contributed by atoms with van der Waals surface area (Å²) in [5, 5.41) is 0. The summed E-state index contributed by atoms with van der Waals surface area (Å²) in [6, 6.07) is 6.56. The second-order valence-corrected chi connectivity index (χ2v) is 11.4. The van der Waals surface area contributed by atoms with E-state index in [0.717, 1.165) is 68.6 Å². The van der Waals surface area contributed by atoms with Crippen molar-refractivity contribution in [3.63, 3.8) is 0 Å². The Bertz CT molecular complexity index is 694. The number of quaternary nitrogens is 1. The van der Waals surface area contributed by atoms with Gasteiger partial charge in [-0.3, -0.25) is 4.79 Å². The van der Waals surface area contributed by atoms with Crippen molar-refractivity contribution >= 4 is 5.91 Å². The molecule has 0 unspecified atom stereocenters. The molecule has 0 bridgehead atoms. The molecule has 0 aromatic heterocycles. The van der Waals surface area contributed by atoms with E-state index in [1.165, 1.54) is 49.7 Å². The van der Waals surface area contributed by atoms with Gasteiger partial charge in [0.2, 0.25) is 0 Å². The molecule has 0 aliphatic heterocycles. The largest absolute Gasteiger partial charge is 1.00 e. The molecule has 0 heterocycles. The van der Waals surface area contributed by atoms with E-state index in [9.17, 15) is 4.79 Å². The summed E-state index contributed by atoms with van der Waals surface area (Å²) in [6.07, 6.45) is 13.1. The first-order valence-electron chi connectivity index (χ1n) is 14.5. The fourth-order valence-electron chi connectivity index (χ4n) is 4.50. The Kier molecular flexibility index (Phi) is 19.4. The third kappa shape index (κ3) is 15.2. The van der Waals surface area contributed by atoms with Crippen LogP contribution >= 0.6 is 0 Å². The number of benzene rings is 1. The zero-order valence-corrected chi connectivity index (χ0v) is 26.3. The highest BCUT2D eigenvalue weighted by Crippen LogP contribution is 2.24. The molecular weight excluding hydrogens is 512 g/mol. The van der Waals surface area contributed by atoms with Gasteiger partial charge in [0.05, 0.1) is 27.2 Å². The van der Waals surface area contributed by atoms with Gasteiger partial charge in [-0.15, -0.1) is 0 Å². The van der Waals surface area contributed by atoms with Gasteiger partial charge in [0.15, 0.2) is 6.54 Å². The second kappa shape index (κ2) is 20.0. The molecular formula is C31H57BrN2O2. The standard InChI is InChI=1S/C31H57N2O2.BrH/c1-8-10-12-15-21-32(22-16-13-11-9-2)31(34)26-33(6,7)23-17-14-18-24-35-30-25-29(27(3)4)20-19-28(30)5;/h19-20,25,27H,8-18,21-24,26H2,1-7H3;1H/q+1;/p-1. The van der Waals surface area contributed by atoms with Crippen molar-refractivity contribution in [1.82, 2.24) is 4.90 Å².